The lowest BCUT2D eigenvalue weighted by Crippen LogP contribution is -2.11. The van der Waals surface area contributed by atoms with Gasteiger partial charge in [-0.2, -0.15) is 13.2 Å². The van der Waals surface area contributed by atoms with E-state index in [-0.39, 0.29) is 17.7 Å². The highest BCUT2D eigenvalue weighted by atomic mass is 19.4. The molecule has 0 saturated carbocycles. The zero-order valence-corrected chi connectivity index (χ0v) is 12.5. The highest BCUT2D eigenvalue weighted by Crippen LogP contribution is 2.30. The predicted octanol–water partition coefficient (Wildman–Crippen LogP) is 3.66. The fourth-order valence-electron chi connectivity index (χ4n) is 1.82. The van der Waals surface area contributed by atoms with Crippen LogP contribution in [-0.2, 0) is 18.0 Å². The van der Waals surface area contributed by atoms with Crippen molar-refractivity contribution in [3.05, 3.63) is 47.2 Å². The summed E-state index contributed by atoms with van der Waals surface area (Å²) in [5.41, 5.74) is -0.690. The molecule has 1 aromatic heterocycles. The van der Waals surface area contributed by atoms with Crippen molar-refractivity contribution in [3.63, 3.8) is 0 Å². The van der Waals surface area contributed by atoms with Crippen molar-refractivity contribution in [3.8, 4) is 0 Å². The van der Waals surface area contributed by atoms with E-state index in [1.165, 1.54) is 12.1 Å². The maximum absolute atomic E-state index is 12.5. The topological polar surface area (TPSA) is 59.2 Å². The molecule has 7 heteroatoms. The first-order valence-electron chi connectivity index (χ1n) is 6.75. The first-order valence-corrected chi connectivity index (χ1v) is 6.75. The summed E-state index contributed by atoms with van der Waals surface area (Å²) in [7, 11) is 0. The molecule has 120 valence electrons. The van der Waals surface area contributed by atoms with Crippen LogP contribution in [0, 0.1) is 0 Å². The molecule has 22 heavy (non-hydrogen) atoms. The summed E-state index contributed by atoms with van der Waals surface area (Å²) in [5.74, 6) is 0.694. The van der Waals surface area contributed by atoms with Crippen LogP contribution in [0.2, 0.25) is 0 Å². The van der Waals surface area contributed by atoms with Gasteiger partial charge in [0.25, 0.3) is 0 Å². The Kier molecular flexibility index (Phi) is 4.28. The monoisotopic (exact) mass is 314 g/mol. The second kappa shape index (κ2) is 5.72. The molecule has 0 saturated heterocycles. The Morgan fingerprint density at radius 3 is 2.14 bits per heavy atom. The third kappa shape index (κ3) is 3.85. The molecule has 1 N–H and O–H groups in total. The van der Waals surface area contributed by atoms with Crippen molar-refractivity contribution in [1.82, 2.24) is 10.2 Å². The molecule has 2 rings (SSSR count). The summed E-state index contributed by atoms with van der Waals surface area (Å²) in [5, 5.41) is 17.8. The number of aliphatic hydroxyl groups is 1. The normalized spacial score (nSPS) is 14.1. The fourth-order valence-corrected chi connectivity index (χ4v) is 1.82. The number of aromatic nitrogens is 2. The van der Waals surface area contributed by atoms with E-state index < -0.39 is 17.8 Å². The zero-order valence-electron chi connectivity index (χ0n) is 12.5. The van der Waals surface area contributed by atoms with Crippen LogP contribution in [0.15, 0.2) is 28.7 Å². The van der Waals surface area contributed by atoms with Gasteiger partial charge in [-0.1, -0.05) is 32.9 Å². The summed E-state index contributed by atoms with van der Waals surface area (Å²) < 4.78 is 42.9. The number of nitrogens with zero attached hydrogens (tertiary/aromatic N) is 2. The Labute approximate surface area is 126 Å². The lowest BCUT2D eigenvalue weighted by Gasteiger charge is -2.12. The molecule has 1 heterocycles. The van der Waals surface area contributed by atoms with Gasteiger partial charge in [-0.15, -0.1) is 10.2 Å². The molecule has 0 radical (unpaired) electrons. The molecule has 2 aromatic rings. The number of hydrogen-bond acceptors (Lipinski definition) is 4. The molecule has 1 unspecified atom stereocenters. The Hall–Kier alpha value is -1.89. The van der Waals surface area contributed by atoms with Gasteiger partial charge in [-0.25, -0.2) is 0 Å². The second-order valence-electron chi connectivity index (χ2n) is 6.09. The van der Waals surface area contributed by atoms with E-state index in [4.69, 9.17) is 4.42 Å². The average Bonchev–Trinajstić information content (AvgIpc) is 2.86. The van der Waals surface area contributed by atoms with Crippen molar-refractivity contribution >= 4 is 0 Å². The highest BCUT2D eigenvalue weighted by molar-refractivity contribution is 5.26. The quantitative estimate of drug-likeness (QED) is 0.939. The first kappa shape index (κ1) is 16.5. The van der Waals surface area contributed by atoms with Crippen LogP contribution in [0.4, 0.5) is 13.2 Å². The number of halogens is 3. The maximum Gasteiger partial charge on any atom is 0.416 e. The Balaban J connectivity index is 2.09. The zero-order chi connectivity index (χ0) is 16.5. The van der Waals surface area contributed by atoms with Crippen molar-refractivity contribution < 1.29 is 22.7 Å². The lowest BCUT2D eigenvalue weighted by atomic mass is 9.97. The van der Waals surface area contributed by atoms with E-state index in [9.17, 15) is 18.3 Å². The molecule has 0 fully saturated rings. The van der Waals surface area contributed by atoms with Crippen molar-refractivity contribution in [2.45, 2.75) is 44.9 Å². The first-order chi connectivity index (χ1) is 10.1. The molecular formula is C15H17F3N2O2. The van der Waals surface area contributed by atoms with Gasteiger partial charge in [-0.05, 0) is 17.7 Å². The highest BCUT2D eigenvalue weighted by Gasteiger charge is 2.30. The SMILES string of the molecule is CC(C)(C)c1nnc(CC(O)c2ccc(C(F)(F)F)cc2)o1. The van der Waals surface area contributed by atoms with Gasteiger partial charge in [0, 0.05) is 5.41 Å². The van der Waals surface area contributed by atoms with Crippen LogP contribution in [0.1, 0.15) is 49.8 Å². The summed E-state index contributed by atoms with van der Waals surface area (Å²) in [4.78, 5) is 0. The Bertz CT molecular complexity index is 627. The molecular weight excluding hydrogens is 297 g/mol. The van der Waals surface area contributed by atoms with E-state index in [1.807, 2.05) is 20.8 Å². The molecule has 0 bridgehead atoms. The maximum atomic E-state index is 12.5. The van der Waals surface area contributed by atoms with Crippen LogP contribution < -0.4 is 0 Å². The van der Waals surface area contributed by atoms with E-state index in [0.29, 0.717) is 11.5 Å². The molecule has 0 aliphatic carbocycles. The summed E-state index contributed by atoms with van der Waals surface area (Å²) in [6, 6.07) is 4.36. The van der Waals surface area contributed by atoms with E-state index >= 15 is 0 Å². The van der Waals surface area contributed by atoms with Crippen LogP contribution in [0.5, 0.6) is 0 Å². The third-order valence-corrected chi connectivity index (χ3v) is 3.10. The van der Waals surface area contributed by atoms with E-state index in [2.05, 4.69) is 10.2 Å². The molecule has 1 atom stereocenters. The summed E-state index contributed by atoms with van der Waals surface area (Å²) >= 11 is 0. The average molecular weight is 314 g/mol. The molecule has 0 amide bonds. The smallest absolute Gasteiger partial charge is 0.416 e. The standard InChI is InChI=1S/C15H17F3N2O2/c1-14(2,3)13-20-19-12(22-13)8-11(21)9-4-6-10(7-5-9)15(16,17)18/h4-7,11,21H,8H2,1-3H3. The van der Waals surface area contributed by atoms with Crippen LogP contribution >= 0.6 is 0 Å². The second-order valence-corrected chi connectivity index (χ2v) is 6.09. The van der Waals surface area contributed by atoms with Crippen molar-refractivity contribution in [2.75, 3.05) is 0 Å². The molecule has 4 nitrogen and oxygen atoms in total. The summed E-state index contributed by atoms with van der Waals surface area (Å²) in [6.07, 6.45) is -5.35. The minimum absolute atomic E-state index is 0.0500. The van der Waals surface area contributed by atoms with E-state index in [1.54, 1.807) is 0 Å². The molecule has 1 aromatic carbocycles. The van der Waals surface area contributed by atoms with Gasteiger partial charge in [0.05, 0.1) is 18.1 Å². The largest absolute Gasteiger partial charge is 0.425 e. The number of hydrogen-bond donors (Lipinski definition) is 1. The number of aliphatic hydroxyl groups excluding tert-OH is 1. The Morgan fingerprint density at radius 2 is 1.68 bits per heavy atom. The van der Waals surface area contributed by atoms with Crippen molar-refractivity contribution in [2.24, 2.45) is 0 Å². The lowest BCUT2D eigenvalue weighted by molar-refractivity contribution is -0.137. The molecule has 0 spiro atoms. The Morgan fingerprint density at radius 1 is 1.09 bits per heavy atom. The van der Waals surface area contributed by atoms with E-state index in [0.717, 1.165) is 12.1 Å². The van der Waals surface area contributed by atoms with Crippen LogP contribution in [-0.4, -0.2) is 15.3 Å². The van der Waals surface area contributed by atoms with Crippen LogP contribution in [0.3, 0.4) is 0 Å². The third-order valence-electron chi connectivity index (χ3n) is 3.10. The number of alkyl halides is 3. The van der Waals surface area contributed by atoms with Crippen molar-refractivity contribution in [1.29, 1.82) is 0 Å². The number of rotatable bonds is 3. The van der Waals surface area contributed by atoms with Gasteiger partial charge in [0.1, 0.15) is 0 Å². The molecule has 0 aliphatic rings. The van der Waals surface area contributed by atoms with Gasteiger partial charge >= 0.3 is 6.18 Å². The van der Waals surface area contributed by atoms with Gasteiger partial charge in [-0.3, -0.25) is 0 Å². The van der Waals surface area contributed by atoms with Gasteiger partial charge < -0.3 is 9.52 Å². The summed E-state index contributed by atoms with van der Waals surface area (Å²) in [6.45, 7) is 5.74. The fraction of sp³-hybridized carbons (Fsp3) is 0.467. The van der Waals surface area contributed by atoms with Crippen LogP contribution in [0.25, 0.3) is 0 Å². The van der Waals surface area contributed by atoms with Gasteiger partial charge in [0.2, 0.25) is 11.8 Å². The predicted molar refractivity (Wildman–Crippen MR) is 73.1 cm³/mol. The minimum atomic E-state index is -4.39. The number of benzene rings is 1. The van der Waals surface area contributed by atoms with Gasteiger partial charge in [0.15, 0.2) is 0 Å². The molecule has 0 aliphatic heterocycles. The minimum Gasteiger partial charge on any atom is -0.425 e.